The molecule has 0 aliphatic rings. The molecule has 2 unspecified atom stereocenters. The summed E-state index contributed by atoms with van der Waals surface area (Å²) < 4.78 is 0. The molecule has 0 heterocycles. The van der Waals surface area contributed by atoms with Gasteiger partial charge in [-0.1, -0.05) is 105 Å². The Morgan fingerprint density at radius 1 is 0.667 bits per heavy atom. The van der Waals surface area contributed by atoms with Gasteiger partial charge in [0, 0.05) is 0 Å². The van der Waals surface area contributed by atoms with Gasteiger partial charge >= 0.3 is 0 Å². The summed E-state index contributed by atoms with van der Waals surface area (Å²) in [6.07, 6.45) is 20.0. The van der Waals surface area contributed by atoms with E-state index in [9.17, 15) is 0 Å². The zero-order valence-electron chi connectivity index (χ0n) is 15.6. The molecule has 0 rings (SSSR count). The van der Waals surface area contributed by atoms with Crippen LogP contribution in [0, 0.1) is 5.41 Å². The molecule has 21 heavy (non-hydrogen) atoms. The molecule has 0 bridgehead atoms. The number of unbranched alkanes of at least 4 members (excludes halogenated alkanes) is 10. The molecule has 0 saturated heterocycles. The fourth-order valence-corrected chi connectivity index (χ4v) is 3.65. The van der Waals surface area contributed by atoms with Crippen molar-refractivity contribution in [1.82, 2.24) is 0 Å². The highest BCUT2D eigenvalue weighted by Gasteiger charge is 2.24. The second-order valence-corrected chi connectivity index (χ2v) is 8.47. The van der Waals surface area contributed by atoms with Gasteiger partial charge in [0.05, 0.1) is 0 Å². The number of hydrogen-bond donors (Lipinski definition) is 0. The van der Waals surface area contributed by atoms with Gasteiger partial charge in [-0.2, -0.15) is 0 Å². The summed E-state index contributed by atoms with van der Waals surface area (Å²) in [5, 5.41) is 0. The molecule has 0 nitrogen and oxygen atoms in total. The molecule has 0 amide bonds. The van der Waals surface area contributed by atoms with Gasteiger partial charge in [-0.3, -0.25) is 0 Å². The number of rotatable bonds is 15. The predicted molar refractivity (Wildman–Crippen MR) is 103 cm³/mol. The van der Waals surface area contributed by atoms with Crippen molar-refractivity contribution in [3.05, 3.63) is 0 Å². The third kappa shape index (κ3) is 12.6. The van der Waals surface area contributed by atoms with Crippen molar-refractivity contribution in [3.8, 4) is 0 Å². The Kier molecular flexibility index (Phi) is 14.3. The minimum absolute atomic E-state index is 0.512. The third-order valence-corrected chi connectivity index (χ3v) is 6.25. The molecule has 0 aliphatic heterocycles. The van der Waals surface area contributed by atoms with E-state index in [4.69, 9.17) is 0 Å². The monoisotopic (exact) mass is 314 g/mol. The standard InChI is InChI=1S/C20H43P/c1-5-7-8-9-10-11-12-13-14-15-16-17-19(21)20(3,4)18-6-2/h19H,5-18,21H2,1-4H3. The van der Waals surface area contributed by atoms with Crippen molar-refractivity contribution >= 4 is 9.24 Å². The fourth-order valence-electron chi connectivity index (χ4n) is 3.25. The van der Waals surface area contributed by atoms with Crippen LogP contribution in [0.3, 0.4) is 0 Å². The van der Waals surface area contributed by atoms with Crippen LogP contribution < -0.4 is 0 Å². The Morgan fingerprint density at radius 3 is 1.52 bits per heavy atom. The first kappa shape index (κ1) is 21.4. The van der Waals surface area contributed by atoms with Crippen LogP contribution in [0.15, 0.2) is 0 Å². The summed E-state index contributed by atoms with van der Waals surface area (Å²) in [5.41, 5.74) is 1.31. The van der Waals surface area contributed by atoms with Gasteiger partial charge < -0.3 is 0 Å². The van der Waals surface area contributed by atoms with Crippen LogP contribution in [0.4, 0.5) is 0 Å². The average Bonchev–Trinajstić information content (AvgIpc) is 2.44. The zero-order valence-corrected chi connectivity index (χ0v) is 16.7. The summed E-state index contributed by atoms with van der Waals surface area (Å²) in [4.78, 5) is 0. The lowest BCUT2D eigenvalue weighted by molar-refractivity contribution is 0.302. The van der Waals surface area contributed by atoms with E-state index in [1.807, 2.05) is 0 Å². The van der Waals surface area contributed by atoms with Gasteiger partial charge in [-0.25, -0.2) is 0 Å². The minimum Gasteiger partial charge on any atom is -0.134 e. The molecule has 1 heteroatoms. The minimum atomic E-state index is 0.512. The van der Waals surface area contributed by atoms with Gasteiger partial charge in [0.2, 0.25) is 0 Å². The first-order valence-electron chi connectivity index (χ1n) is 9.80. The van der Waals surface area contributed by atoms with Crippen LogP contribution in [0.1, 0.15) is 118 Å². The molecular formula is C20H43P. The van der Waals surface area contributed by atoms with E-state index >= 15 is 0 Å². The average molecular weight is 315 g/mol. The maximum Gasteiger partial charge on any atom is -0.0213 e. The van der Waals surface area contributed by atoms with E-state index in [0.29, 0.717) is 5.41 Å². The smallest absolute Gasteiger partial charge is 0.0213 e. The fraction of sp³-hybridized carbons (Fsp3) is 1.00. The van der Waals surface area contributed by atoms with E-state index in [2.05, 4.69) is 36.9 Å². The molecule has 0 aromatic rings. The lowest BCUT2D eigenvalue weighted by Gasteiger charge is -2.31. The van der Waals surface area contributed by atoms with E-state index in [-0.39, 0.29) is 0 Å². The normalized spacial score (nSPS) is 13.6. The first-order chi connectivity index (χ1) is 10.0. The van der Waals surface area contributed by atoms with Crippen LogP contribution in [-0.2, 0) is 0 Å². The van der Waals surface area contributed by atoms with E-state index in [1.54, 1.807) is 0 Å². The second-order valence-electron chi connectivity index (χ2n) is 7.67. The molecule has 128 valence electrons. The number of hydrogen-bond acceptors (Lipinski definition) is 0. The van der Waals surface area contributed by atoms with Gasteiger partial charge in [0.15, 0.2) is 0 Å². The lowest BCUT2D eigenvalue weighted by Crippen LogP contribution is -2.23. The van der Waals surface area contributed by atoms with Crippen LogP contribution in [0.25, 0.3) is 0 Å². The molecule has 0 aliphatic carbocycles. The highest BCUT2D eigenvalue weighted by atomic mass is 31.0. The molecule has 0 aromatic carbocycles. The van der Waals surface area contributed by atoms with Crippen molar-refractivity contribution in [2.45, 2.75) is 123 Å². The summed E-state index contributed by atoms with van der Waals surface area (Å²) >= 11 is 0. The quantitative estimate of drug-likeness (QED) is 0.214. The van der Waals surface area contributed by atoms with Crippen LogP contribution in [0.2, 0.25) is 0 Å². The van der Waals surface area contributed by atoms with Crippen molar-refractivity contribution < 1.29 is 0 Å². The van der Waals surface area contributed by atoms with E-state index < -0.39 is 0 Å². The largest absolute Gasteiger partial charge is 0.134 e. The predicted octanol–water partition coefficient (Wildman–Crippen LogP) is 7.76. The maximum absolute atomic E-state index is 3.11. The summed E-state index contributed by atoms with van der Waals surface area (Å²) in [6.45, 7) is 9.48. The first-order valence-corrected chi connectivity index (χ1v) is 10.5. The van der Waals surface area contributed by atoms with E-state index in [0.717, 1.165) is 5.66 Å². The zero-order chi connectivity index (χ0) is 16.0. The van der Waals surface area contributed by atoms with Gasteiger partial charge in [-0.15, -0.1) is 9.24 Å². The summed E-state index contributed by atoms with van der Waals surface area (Å²) in [5.74, 6) is 0. The van der Waals surface area contributed by atoms with Crippen molar-refractivity contribution in [3.63, 3.8) is 0 Å². The molecule has 0 fully saturated rings. The second kappa shape index (κ2) is 14.0. The SMILES string of the molecule is CCCCCCCCCCCCCC(P)C(C)(C)CCC. The molecular weight excluding hydrogens is 271 g/mol. The van der Waals surface area contributed by atoms with Crippen molar-refractivity contribution in [2.24, 2.45) is 5.41 Å². The van der Waals surface area contributed by atoms with Crippen LogP contribution in [0.5, 0.6) is 0 Å². The molecule has 0 N–H and O–H groups in total. The van der Waals surface area contributed by atoms with Gasteiger partial charge in [0.1, 0.15) is 0 Å². The Morgan fingerprint density at radius 2 is 1.10 bits per heavy atom. The molecule has 0 aromatic heterocycles. The van der Waals surface area contributed by atoms with E-state index in [1.165, 1.54) is 89.9 Å². The third-order valence-electron chi connectivity index (χ3n) is 5.02. The Bertz CT molecular complexity index is 210. The topological polar surface area (TPSA) is 0 Å². The molecule has 0 radical (unpaired) electrons. The molecule has 0 spiro atoms. The Balaban J connectivity index is 3.32. The van der Waals surface area contributed by atoms with Crippen LogP contribution >= 0.6 is 9.24 Å². The molecule has 0 saturated carbocycles. The Hall–Kier alpha value is 0.430. The molecule has 2 atom stereocenters. The Labute approximate surface area is 138 Å². The van der Waals surface area contributed by atoms with Crippen LogP contribution in [-0.4, -0.2) is 5.66 Å². The summed E-state index contributed by atoms with van der Waals surface area (Å²) in [7, 11) is 3.11. The highest BCUT2D eigenvalue weighted by Crippen LogP contribution is 2.35. The lowest BCUT2D eigenvalue weighted by atomic mass is 9.82. The maximum atomic E-state index is 3.11. The van der Waals surface area contributed by atoms with Gasteiger partial charge in [0.25, 0.3) is 0 Å². The summed E-state index contributed by atoms with van der Waals surface area (Å²) in [6, 6.07) is 0. The van der Waals surface area contributed by atoms with Gasteiger partial charge in [-0.05, 0) is 23.9 Å². The van der Waals surface area contributed by atoms with Crippen molar-refractivity contribution in [2.75, 3.05) is 0 Å². The van der Waals surface area contributed by atoms with Crippen molar-refractivity contribution in [1.29, 1.82) is 0 Å². The highest BCUT2D eigenvalue weighted by molar-refractivity contribution is 7.17.